The van der Waals surface area contributed by atoms with Crippen LogP contribution in [0.1, 0.15) is 25.0 Å². The molecule has 1 aliphatic heterocycles. The molecule has 0 aliphatic carbocycles. The molecule has 0 amide bonds. The van der Waals surface area contributed by atoms with Gasteiger partial charge in [-0.25, -0.2) is 0 Å². The minimum Gasteiger partial charge on any atom is -0.423 e. The molecule has 0 radical (unpaired) electrons. The fraction of sp³-hybridized carbons (Fsp3) is 0.400. The van der Waals surface area contributed by atoms with Crippen molar-refractivity contribution in [3.05, 3.63) is 29.3 Å². The number of benzene rings is 1. The van der Waals surface area contributed by atoms with E-state index in [1.165, 1.54) is 0 Å². The zero-order chi connectivity index (χ0) is 10.3. The topological polar surface area (TPSA) is 49.7 Å². The van der Waals surface area contributed by atoms with Gasteiger partial charge in [-0.1, -0.05) is 18.2 Å². The molecule has 2 rings (SSSR count). The monoisotopic (exact) mass is 192 g/mol. The molecular formula is C10H13BO3. The molecule has 0 unspecified atom stereocenters. The lowest BCUT2D eigenvalue weighted by atomic mass is 9.77. The normalized spacial score (nSPS) is 18.4. The fourth-order valence-electron chi connectivity index (χ4n) is 1.87. The van der Waals surface area contributed by atoms with E-state index >= 15 is 0 Å². The van der Waals surface area contributed by atoms with Gasteiger partial charge in [0.05, 0.1) is 12.2 Å². The Balaban J connectivity index is 2.52. The Hall–Kier alpha value is -0.835. The highest BCUT2D eigenvalue weighted by molar-refractivity contribution is 6.62. The lowest BCUT2D eigenvalue weighted by Crippen LogP contribution is -2.28. The molecule has 3 nitrogen and oxygen atoms in total. The first kappa shape index (κ1) is 9.71. The maximum atomic E-state index is 9.63. The van der Waals surface area contributed by atoms with E-state index in [-0.39, 0.29) is 6.61 Å². The molecule has 0 saturated carbocycles. The molecule has 1 aromatic rings. The zero-order valence-corrected chi connectivity index (χ0v) is 8.32. The summed E-state index contributed by atoms with van der Waals surface area (Å²) in [5.41, 5.74) is 2.11. The lowest BCUT2D eigenvalue weighted by molar-refractivity contribution is 0.101. The first-order chi connectivity index (χ1) is 6.54. The Morgan fingerprint density at radius 2 is 2.14 bits per heavy atom. The van der Waals surface area contributed by atoms with Gasteiger partial charge >= 0.3 is 7.12 Å². The van der Waals surface area contributed by atoms with Crippen molar-refractivity contribution in [1.82, 2.24) is 0 Å². The van der Waals surface area contributed by atoms with Crippen LogP contribution in [0.15, 0.2) is 18.2 Å². The second-order valence-corrected chi connectivity index (χ2v) is 4.06. The summed E-state index contributed by atoms with van der Waals surface area (Å²) in [7, 11) is -0.869. The Labute approximate surface area is 83.5 Å². The molecule has 0 saturated heterocycles. The van der Waals surface area contributed by atoms with Crippen molar-refractivity contribution in [2.75, 3.05) is 0 Å². The second kappa shape index (κ2) is 3.09. The van der Waals surface area contributed by atoms with Crippen molar-refractivity contribution in [3.8, 4) is 0 Å². The third-order valence-electron chi connectivity index (χ3n) is 2.62. The molecule has 4 heteroatoms. The van der Waals surface area contributed by atoms with E-state index in [2.05, 4.69) is 0 Å². The molecule has 0 bridgehead atoms. The largest absolute Gasteiger partial charge is 0.492 e. The van der Waals surface area contributed by atoms with Crippen molar-refractivity contribution in [2.45, 2.75) is 26.1 Å². The minimum atomic E-state index is -0.869. The van der Waals surface area contributed by atoms with E-state index in [0.29, 0.717) is 0 Å². The Morgan fingerprint density at radius 3 is 2.79 bits per heavy atom. The molecule has 0 aromatic heterocycles. The highest BCUT2D eigenvalue weighted by Gasteiger charge is 2.40. The SMILES string of the molecule is CC1(C)OB(O)c2cc(CO)ccc21. The third-order valence-corrected chi connectivity index (χ3v) is 2.62. The summed E-state index contributed by atoms with van der Waals surface area (Å²) in [6, 6.07) is 5.54. The van der Waals surface area contributed by atoms with Gasteiger partial charge in [-0.05, 0) is 30.4 Å². The maximum Gasteiger partial charge on any atom is 0.492 e. The number of aliphatic hydroxyl groups excluding tert-OH is 1. The molecular weight excluding hydrogens is 179 g/mol. The summed E-state index contributed by atoms with van der Waals surface area (Å²) < 4.78 is 5.39. The molecule has 0 spiro atoms. The van der Waals surface area contributed by atoms with Crippen LogP contribution in [0.3, 0.4) is 0 Å². The van der Waals surface area contributed by atoms with Gasteiger partial charge in [0.15, 0.2) is 0 Å². The molecule has 1 aromatic carbocycles. The van der Waals surface area contributed by atoms with Crippen LogP contribution < -0.4 is 5.46 Å². The van der Waals surface area contributed by atoms with Gasteiger partial charge in [0, 0.05) is 0 Å². The van der Waals surface area contributed by atoms with Gasteiger partial charge in [-0.15, -0.1) is 0 Å². The number of hydrogen-bond donors (Lipinski definition) is 2. The summed E-state index contributed by atoms with van der Waals surface area (Å²) in [6.07, 6.45) is 0. The Kier molecular flexibility index (Phi) is 2.14. The molecule has 0 atom stereocenters. The smallest absolute Gasteiger partial charge is 0.423 e. The van der Waals surface area contributed by atoms with Gasteiger partial charge in [-0.2, -0.15) is 0 Å². The molecule has 0 fully saturated rings. The summed E-state index contributed by atoms with van der Waals surface area (Å²) in [4.78, 5) is 0. The van der Waals surface area contributed by atoms with Crippen LogP contribution >= 0.6 is 0 Å². The second-order valence-electron chi connectivity index (χ2n) is 4.06. The number of fused-ring (bicyclic) bond motifs is 1. The van der Waals surface area contributed by atoms with Crippen LogP contribution in [0.25, 0.3) is 0 Å². The van der Waals surface area contributed by atoms with Crippen molar-refractivity contribution in [1.29, 1.82) is 0 Å². The minimum absolute atomic E-state index is 0.0135. The van der Waals surface area contributed by atoms with Crippen LogP contribution in [0, 0.1) is 0 Å². The van der Waals surface area contributed by atoms with Crippen LogP contribution in [-0.4, -0.2) is 17.2 Å². The van der Waals surface area contributed by atoms with Crippen molar-refractivity contribution < 1.29 is 14.8 Å². The molecule has 1 heterocycles. The highest BCUT2D eigenvalue weighted by atomic mass is 16.5. The van der Waals surface area contributed by atoms with Gasteiger partial charge < -0.3 is 14.8 Å². The predicted octanol–water partition coefficient (Wildman–Crippen LogP) is 0.132. The lowest BCUT2D eigenvalue weighted by Gasteiger charge is -2.19. The molecule has 1 aliphatic rings. The van der Waals surface area contributed by atoms with E-state index in [0.717, 1.165) is 16.6 Å². The summed E-state index contributed by atoms with van der Waals surface area (Å²) in [5.74, 6) is 0. The highest BCUT2D eigenvalue weighted by Crippen LogP contribution is 2.29. The van der Waals surface area contributed by atoms with Gasteiger partial charge in [-0.3, -0.25) is 0 Å². The van der Waals surface area contributed by atoms with E-state index in [4.69, 9.17) is 9.76 Å². The predicted molar refractivity (Wildman–Crippen MR) is 54.1 cm³/mol. The van der Waals surface area contributed by atoms with Crippen LogP contribution in [0.4, 0.5) is 0 Å². The quantitative estimate of drug-likeness (QED) is 0.622. The first-order valence-corrected chi connectivity index (χ1v) is 4.64. The molecule has 74 valence electrons. The average molecular weight is 192 g/mol. The molecule has 14 heavy (non-hydrogen) atoms. The number of rotatable bonds is 1. The van der Waals surface area contributed by atoms with Gasteiger partial charge in [0.2, 0.25) is 0 Å². The zero-order valence-electron chi connectivity index (χ0n) is 8.32. The van der Waals surface area contributed by atoms with Gasteiger partial charge in [0.1, 0.15) is 0 Å². The maximum absolute atomic E-state index is 9.63. The Morgan fingerprint density at radius 1 is 1.43 bits per heavy atom. The van der Waals surface area contributed by atoms with Crippen molar-refractivity contribution in [2.24, 2.45) is 0 Å². The first-order valence-electron chi connectivity index (χ1n) is 4.64. The Bertz CT molecular complexity index is 362. The van der Waals surface area contributed by atoms with E-state index in [1.54, 1.807) is 6.07 Å². The molecule has 2 N–H and O–H groups in total. The summed E-state index contributed by atoms with van der Waals surface area (Å²) in [5, 5.41) is 18.6. The van der Waals surface area contributed by atoms with Crippen LogP contribution in [0.2, 0.25) is 0 Å². The fourth-order valence-corrected chi connectivity index (χ4v) is 1.87. The van der Waals surface area contributed by atoms with Crippen LogP contribution in [0.5, 0.6) is 0 Å². The number of aliphatic hydroxyl groups is 1. The average Bonchev–Trinajstić information content (AvgIpc) is 2.37. The third kappa shape index (κ3) is 1.36. The van der Waals surface area contributed by atoms with E-state index in [9.17, 15) is 5.02 Å². The standard InChI is InChI=1S/C10H13BO3/c1-10(2)8-4-3-7(6-12)5-9(8)11(13)14-10/h3-5,12-13H,6H2,1-2H3. The van der Waals surface area contributed by atoms with Crippen LogP contribution in [-0.2, 0) is 16.9 Å². The number of hydrogen-bond acceptors (Lipinski definition) is 3. The summed E-state index contributed by atoms with van der Waals surface area (Å²) >= 11 is 0. The van der Waals surface area contributed by atoms with Crippen molar-refractivity contribution in [3.63, 3.8) is 0 Å². The van der Waals surface area contributed by atoms with Gasteiger partial charge in [0.25, 0.3) is 0 Å². The summed E-state index contributed by atoms with van der Waals surface area (Å²) in [6.45, 7) is 3.82. The van der Waals surface area contributed by atoms with E-state index in [1.807, 2.05) is 26.0 Å². The van der Waals surface area contributed by atoms with E-state index < -0.39 is 12.7 Å². The van der Waals surface area contributed by atoms with Crippen molar-refractivity contribution >= 4 is 12.6 Å².